The van der Waals surface area contributed by atoms with Gasteiger partial charge in [0, 0.05) is 23.7 Å². The molecule has 0 aliphatic carbocycles. The van der Waals surface area contributed by atoms with Gasteiger partial charge in [0.2, 0.25) is 15.9 Å². The van der Waals surface area contributed by atoms with Crippen molar-refractivity contribution < 1.29 is 13.2 Å². The van der Waals surface area contributed by atoms with Crippen molar-refractivity contribution in [2.45, 2.75) is 26.7 Å². The van der Waals surface area contributed by atoms with Crippen LogP contribution in [0.3, 0.4) is 0 Å². The maximum absolute atomic E-state index is 12.2. The van der Waals surface area contributed by atoms with Gasteiger partial charge in [0.15, 0.2) is 0 Å². The molecule has 0 atom stereocenters. The molecule has 0 aliphatic rings. The van der Waals surface area contributed by atoms with Crippen molar-refractivity contribution in [2.75, 3.05) is 22.4 Å². The number of aryl methyl sites for hydroxylation is 2. The Hall–Kier alpha value is -2.05. The summed E-state index contributed by atoms with van der Waals surface area (Å²) < 4.78 is 25.7. The molecule has 1 N–H and O–H groups in total. The van der Waals surface area contributed by atoms with Crippen LogP contribution in [-0.4, -0.2) is 27.1 Å². The molecule has 0 unspecified atom stereocenters. The highest BCUT2D eigenvalue weighted by atomic mass is 35.5. The number of rotatable bonds is 7. The molecule has 2 aromatic rings. The number of anilines is 2. The molecule has 0 radical (unpaired) electrons. The van der Waals surface area contributed by atoms with Crippen molar-refractivity contribution in [1.82, 2.24) is 0 Å². The third kappa shape index (κ3) is 5.47. The minimum atomic E-state index is -3.48. The topological polar surface area (TPSA) is 66.5 Å². The molecule has 5 nitrogen and oxygen atoms in total. The number of sulfonamides is 1. The molecular weight excluding hydrogens is 372 g/mol. The first kappa shape index (κ1) is 20.3. The van der Waals surface area contributed by atoms with Crippen molar-refractivity contribution in [3.63, 3.8) is 0 Å². The van der Waals surface area contributed by atoms with E-state index in [9.17, 15) is 13.2 Å². The molecule has 7 heteroatoms. The highest BCUT2D eigenvalue weighted by molar-refractivity contribution is 7.92. The summed E-state index contributed by atoms with van der Waals surface area (Å²) in [4.78, 5) is 12.2. The van der Waals surface area contributed by atoms with Crippen molar-refractivity contribution in [2.24, 2.45) is 0 Å². The smallest absolute Gasteiger partial charge is 0.232 e. The standard InChI is InChI=1S/C19H23ClN2O3S/c1-14-7-4-5-8-17(14)21-19(23)9-6-12-22(26(3,24)25)18-13-16(20)11-10-15(18)2/h4-5,7-8,10-11,13H,6,9,12H2,1-3H3,(H,21,23). The molecule has 0 saturated heterocycles. The van der Waals surface area contributed by atoms with Crippen LogP contribution in [0.5, 0.6) is 0 Å². The number of halogens is 1. The van der Waals surface area contributed by atoms with E-state index in [0.29, 0.717) is 17.1 Å². The SMILES string of the molecule is Cc1ccccc1NC(=O)CCCN(c1cc(Cl)ccc1C)S(C)(=O)=O. The number of carbonyl (C=O) groups is 1. The van der Waals surface area contributed by atoms with E-state index in [1.165, 1.54) is 4.31 Å². The summed E-state index contributed by atoms with van der Waals surface area (Å²) >= 11 is 6.01. The fraction of sp³-hybridized carbons (Fsp3) is 0.316. The number of nitrogens with zero attached hydrogens (tertiary/aromatic N) is 1. The quantitative estimate of drug-likeness (QED) is 0.767. The van der Waals surface area contributed by atoms with Crippen LogP contribution in [0.25, 0.3) is 0 Å². The minimum absolute atomic E-state index is 0.143. The van der Waals surface area contributed by atoms with E-state index < -0.39 is 10.0 Å². The van der Waals surface area contributed by atoms with Crippen molar-refractivity contribution in [3.05, 3.63) is 58.6 Å². The van der Waals surface area contributed by atoms with Gasteiger partial charge in [-0.1, -0.05) is 35.9 Å². The van der Waals surface area contributed by atoms with Gasteiger partial charge in [-0.2, -0.15) is 0 Å². The summed E-state index contributed by atoms with van der Waals surface area (Å²) in [5, 5.41) is 3.32. The Balaban J connectivity index is 2.03. The van der Waals surface area contributed by atoms with E-state index in [4.69, 9.17) is 11.6 Å². The van der Waals surface area contributed by atoms with Crippen LogP contribution in [-0.2, 0) is 14.8 Å². The molecule has 1 amide bonds. The van der Waals surface area contributed by atoms with E-state index in [-0.39, 0.29) is 18.9 Å². The molecule has 2 rings (SSSR count). The van der Waals surface area contributed by atoms with Gasteiger partial charge >= 0.3 is 0 Å². The summed E-state index contributed by atoms with van der Waals surface area (Å²) in [5.74, 6) is -0.143. The summed E-state index contributed by atoms with van der Waals surface area (Å²) in [5.41, 5.74) is 3.10. The fourth-order valence-corrected chi connectivity index (χ4v) is 3.81. The zero-order valence-corrected chi connectivity index (χ0v) is 16.7. The zero-order valence-electron chi connectivity index (χ0n) is 15.1. The Labute approximate surface area is 160 Å². The molecule has 26 heavy (non-hydrogen) atoms. The molecular formula is C19H23ClN2O3S. The molecule has 0 aliphatic heterocycles. The highest BCUT2D eigenvalue weighted by Crippen LogP contribution is 2.26. The van der Waals surface area contributed by atoms with E-state index >= 15 is 0 Å². The lowest BCUT2D eigenvalue weighted by molar-refractivity contribution is -0.116. The third-order valence-electron chi connectivity index (χ3n) is 4.02. The lowest BCUT2D eigenvalue weighted by atomic mass is 10.2. The molecule has 0 saturated carbocycles. The average Bonchev–Trinajstić information content (AvgIpc) is 2.55. The van der Waals surface area contributed by atoms with E-state index in [2.05, 4.69) is 5.32 Å². The van der Waals surface area contributed by atoms with Gasteiger partial charge < -0.3 is 5.32 Å². The van der Waals surface area contributed by atoms with Crippen LogP contribution in [0.4, 0.5) is 11.4 Å². The number of hydrogen-bond donors (Lipinski definition) is 1. The largest absolute Gasteiger partial charge is 0.326 e. The summed E-state index contributed by atoms with van der Waals surface area (Å²) in [6.07, 6.45) is 1.78. The Kier molecular flexibility index (Phi) is 6.67. The van der Waals surface area contributed by atoms with Crippen LogP contribution in [0.2, 0.25) is 5.02 Å². The lowest BCUT2D eigenvalue weighted by Gasteiger charge is -2.24. The molecule has 0 spiro atoms. The van der Waals surface area contributed by atoms with Gasteiger partial charge in [0.1, 0.15) is 0 Å². The summed E-state index contributed by atoms with van der Waals surface area (Å²) in [6, 6.07) is 12.6. The normalized spacial score (nSPS) is 11.2. The Morgan fingerprint density at radius 2 is 1.81 bits per heavy atom. The van der Waals surface area contributed by atoms with Gasteiger partial charge in [-0.25, -0.2) is 8.42 Å². The second-order valence-electron chi connectivity index (χ2n) is 6.23. The molecule has 0 fully saturated rings. The number of hydrogen-bond acceptors (Lipinski definition) is 3. The maximum atomic E-state index is 12.2. The van der Waals surface area contributed by atoms with Gasteiger partial charge in [0.05, 0.1) is 11.9 Å². The van der Waals surface area contributed by atoms with Crippen LogP contribution >= 0.6 is 11.6 Å². The molecule has 140 valence electrons. The number of carbonyl (C=O) groups excluding carboxylic acids is 1. The van der Waals surface area contributed by atoms with Gasteiger partial charge in [-0.15, -0.1) is 0 Å². The van der Waals surface area contributed by atoms with Crippen LogP contribution in [0.1, 0.15) is 24.0 Å². The van der Waals surface area contributed by atoms with Gasteiger partial charge in [-0.05, 0) is 49.6 Å². The number of para-hydroxylation sites is 1. The van der Waals surface area contributed by atoms with Crippen molar-refractivity contribution in [3.8, 4) is 0 Å². The second kappa shape index (κ2) is 8.56. The van der Waals surface area contributed by atoms with Crippen LogP contribution in [0, 0.1) is 13.8 Å². The third-order valence-corrected chi connectivity index (χ3v) is 5.44. The Bertz CT molecular complexity index is 897. The van der Waals surface area contributed by atoms with E-state index in [1.54, 1.807) is 18.2 Å². The van der Waals surface area contributed by atoms with Crippen molar-refractivity contribution >= 4 is 38.9 Å². The number of amides is 1. The second-order valence-corrected chi connectivity index (χ2v) is 8.58. The minimum Gasteiger partial charge on any atom is -0.326 e. The zero-order chi connectivity index (χ0) is 19.3. The highest BCUT2D eigenvalue weighted by Gasteiger charge is 2.19. The first-order chi connectivity index (χ1) is 12.2. The predicted molar refractivity (Wildman–Crippen MR) is 107 cm³/mol. The number of nitrogens with one attached hydrogen (secondary N) is 1. The monoisotopic (exact) mass is 394 g/mol. The van der Waals surface area contributed by atoms with Crippen LogP contribution < -0.4 is 9.62 Å². The van der Waals surface area contributed by atoms with Crippen LogP contribution in [0.15, 0.2) is 42.5 Å². The maximum Gasteiger partial charge on any atom is 0.232 e. The molecule has 0 heterocycles. The first-order valence-electron chi connectivity index (χ1n) is 8.28. The number of benzene rings is 2. The molecule has 0 aromatic heterocycles. The molecule has 0 bridgehead atoms. The first-order valence-corrected chi connectivity index (χ1v) is 10.5. The predicted octanol–water partition coefficient (Wildman–Crippen LogP) is 4.14. The van der Waals surface area contributed by atoms with Crippen molar-refractivity contribution in [1.29, 1.82) is 0 Å². The molecule has 2 aromatic carbocycles. The average molecular weight is 395 g/mol. The van der Waals surface area contributed by atoms with E-state index in [0.717, 1.165) is 23.1 Å². The van der Waals surface area contributed by atoms with Gasteiger partial charge in [-0.3, -0.25) is 9.10 Å². The Morgan fingerprint density at radius 3 is 2.46 bits per heavy atom. The Morgan fingerprint density at radius 1 is 1.12 bits per heavy atom. The van der Waals surface area contributed by atoms with Gasteiger partial charge in [0.25, 0.3) is 0 Å². The van der Waals surface area contributed by atoms with E-state index in [1.807, 2.05) is 38.1 Å². The lowest BCUT2D eigenvalue weighted by Crippen LogP contribution is -2.32. The summed E-state index contributed by atoms with van der Waals surface area (Å²) in [6.45, 7) is 3.96. The fourth-order valence-electron chi connectivity index (χ4n) is 2.63. The summed E-state index contributed by atoms with van der Waals surface area (Å²) in [7, 11) is -3.48.